The molecule has 9 heteroatoms. The van der Waals surface area contributed by atoms with Crippen molar-refractivity contribution in [2.75, 3.05) is 31.6 Å². The van der Waals surface area contributed by atoms with Crippen molar-refractivity contribution in [1.29, 1.82) is 0 Å². The lowest BCUT2D eigenvalue weighted by molar-refractivity contribution is 0.0952. The number of halogens is 1. The van der Waals surface area contributed by atoms with E-state index in [9.17, 15) is 13.2 Å². The maximum absolute atomic E-state index is 13.1. The van der Waals surface area contributed by atoms with Gasteiger partial charge in [-0.25, -0.2) is 8.42 Å². The van der Waals surface area contributed by atoms with E-state index in [4.69, 9.17) is 10.5 Å². The minimum absolute atomic E-state index is 0. The Morgan fingerprint density at radius 2 is 1.89 bits per heavy atom. The Morgan fingerprint density at radius 1 is 1.21 bits per heavy atom. The molecule has 2 aromatic carbocycles. The number of amides is 1. The Bertz CT molecular complexity index is 919. The minimum atomic E-state index is -3.87. The van der Waals surface area contributed by atoms with Gasteiger partial charge in [-0.3, -0.25) is 9.10 Å². The van der Waals surface area contributed by atoms with Crippen LogP contribution in [0.1, 0.15) is 22.3 Å². The van der Waals surface area contributed by atoms with E-state index < -0.39 is 10.0 Å². The molecule has 0 aromatic heterocycles. The summed E-state index contributed by atoms with van der Waals surface area (Å²) < 4.78 is 32.5. The summed E-state index contributed by atoms with van der Waals surface area (Å²) in [5.41, 5.74) is 6.86. The van der Waals surface area contributed by atoms with E-state index in [1.54, 1.807) is 37.3 Å². The van der Waals surface area contributed by atoms with E-state index in [1.807, 2.05) is 0 Å². The predicted molar refractivity (Wildman–Crippen MR) is 113 cm³/mol. The highest BCUT2D eigenvalue weighted by Crippen LogP contribution is 2.31. The van der Waals surface area contributed by atoms with Gasteiger partial charge in [-0.15, -0.1) is 12.4 Å². The number of hydrogen-bond acceptors (Lipinski definition) is 5. The molecule has 2 aromatic rings. The average Bonchev–Trinajstić information content (AvgIpc) is 2.67. The quantitative estimate of drug-likeness (QED) is 0.629. The number of carbonyl (C=O) groups excluding carboxylic acids is 1. The monoisotopic (exact) mass is 427 g/mol. The number of rotatable bonds is 8. The first kappa shape index (κ1) is 23.7. The van der Waals surface area contributed by atoms with E-state index in [0.29, 0.717) is 42.1 Å². The molecular weight excluding hydrogens is 402 g/mol. The molecule has 7 nitrogen and oxygen atoms in total. The van der Waals surface area contributed by atoms with Crippen LogP contribution in [0.5, 0.6) is 5.75 Å². The van der Waals surface area contributed by atoms with Crippen molar-refractivity contribution in [1.82, 2.24) is 5.32 Å². The highest BCUT2D eigenvalue weighted by Gasteiger charge is 2.25. The van der Waals surface area contributed by atoms with Crippen LogP contribution in [0.15, 0.2) is 47.4 Å². The molecule has 1 amide bonds. The number of anilines is 1. The summed E-state index contributed by atoms with van der Waals surface area (Å²) in [6.07, 6.45) is 0.652. The second-order valence-corrected chi connectivity index (χ2v) is 7.99. The summed E-state index contributed by atoms with van der Waals surface area (Å²) in [5, 5.41) is 2.75. The topological polar surface area (TPSA) is 102 Å². The van der Waals surface area contributed by atoms with Crippen LogP contribution in [0.3, 0.4) is 0 Å². The predicted octanol–water partition coefficient (Wildman–Crippen LogP) is 2.33. The molecule has 0 fully saturated rings. The van der Waals surface area contributed by atoms with Crippen LogP contribution >= 0.6 is 12.4 Å². The number of hydrogen-bond donors (Lipinski definition) is 2. The fourth-order valence-electron chi connectivity index (χ4n) is 2.58. The molecule has 154 valence electrons. The van der Waals surface area contributed by atoms with Gasteiger partial charge in [0.25, 0.3) is 15.9 Å². The molecule has 0 aliphatic heterocycles. The van der Waals surface area contributed by atoms with Crippen molar-refractivity contribution in [3.05, 3.63) is 53.6 Å². The van der Waals surface area contributed by atoms with Crippen LogP contribution in [0, 0.1) is 6.92 Å². The molecule has 0 aliphatic carbocycles. The van der Waals surface area contributed by atoms with Gasteiger partial charge < -0.3 is 15.8 Å². The number of benzene rings is 2. The second-order valence-electron chi connectivity index (χ2n) is 6.02. The third kappa shape index (κ3) is 5.15. The van der Waals surface area contributed by atoms with Crippen LogP contribution in [0.2, 0.25) is 0 Å². The lowest BCUT2D eigenvalue weighted by Gasteiger charge is -2.22. The summed E-state index contributed by atoms with van der Waals surface area (Å²) in [4.78, 5) is 12.4. The fourth-order valence-corrected chi connectivity index (χ4v) is 3.82. The largest absolute Gasteiger partial charge is 0.495 e. The normalized spacial score (nSPS) is 10.7. The van der Waals surface area contributed by atoms with Crippen LogP contribution in [0.25, 0.3) is 0 Å². The van der Waals surface area contributed by atoms with Gasteiger partial charge in [0, 0.05) is 19.2 Å². The number of para-hydroxylation sites is 2. The van der Waals surface area contributed by atoms with Crippen LogP contribution in [0.4, 0.5) is 5.69 Å². The van der Waals surface area contributed by atoms with Crippen molar-refractivity contribution in [3.8, 4) is 5.75 Å². The van der Waals surface area contributed by atoms with Gasteiger partial charge in [0.1, 0.15) is 5.75 Å². The van der Waals surface area contributed by atoms with Crippen LogP contribution in [-0.2, 0) is 10.0 Å². The van der Waals surface area contributed by atoms with Gasteiger partial charge in [0.15, 0.2) is 0 Å². The Labute approximate surface area is 172 Å². The Balaban J connectivity index is 0.00000392. The molecule has 2 rings (SSSR count). The highest BCUT2D eigenvalue weighted by atomic mass is 35.5. The Kier molecular flexibility index (Phi) is 8.74. The molecular formula is C19H26ClN3O4S. The Hall–Kier alpha value is -2.29. The van der Waals surface area contributed by atoms with E-state index in [1.165, 1.54) is 26.3 Å². The molecule has 0 saturated carbocycles. The summed E-state index contributed by atoms with van der Waals surface area (Å²) in [7, 11) is -0.936. The van der Waals surface area contributed by atoms with E-state index in [-0.39, 0.29) is 23.2 Å². The van der Waals surface area contributed by atoms with Crippen molar-refractivity contribution in [2.24, 2.45) is 5.73 Å². The maximum atomic E-state index is 13.1. The number of sulfonamides is 1. The lowest BCUT2D eigenvalue weighted by atomic mass is 10.1. The highest BCUT2D eigenvalue weighted by molar-refractivity contribution is 7.92. The fraction of sp³-hybridized carbons (Fsp3) is 0.316. The molecule has 28 heavy (non-hydrogen) atoms. The standard InChI is InChI=1S/C19H25N3O4S.ClH/c1-14-9-10-15(13-16(14)19(23)21-12-6-11-20)27(24,25)22(2)17-7-4-5-8-18(17)26-3;/h4-5,7-10,13H,6,11-12,20H2,1-3H3,(H,21,23);1H. The molecule has 0 spiro atoms. The number of aryl methyl sites for hydroxylation is 1. The van der Waals surface area contributed by atoms with Gasteiger partial charge in [-0.2, -0.15) is 0 Å². The zero-order chi connectivity index (χ0) is 20.0. The van der Waals surface area contributed by atoms with Gasteiger partial charge in [-0.1, -0.05) is 18.2 Å². The number of nitrogens with one attached hydrogen (secondary N) is 1. The molecule has 0 atom stereocenters. The molecule has 3 N–H and O–H groups in total. The molecule has 0 bridgehead atoms. The van der Waals surface area contributed by atoms with Crippen LogP contribution < -0.4 is 20.1 Å². The number of nitrogens with zero attached hydrogens (tertiary/aromatic N) is 1. The SMILES string of the molecule is COc1ccccc1N(C)S(=O)(=O)c1ccc(C)c(C(=O)NCCCN)c1.Cl. The molecule has 0 radical (unpaired) electrons. The molecule has 0 saturated heterocycles. The summed E-state index contributed by atoms with van der Waals surface area (Å²) in [6, 6.07) is 11.4. The lowest BCUT2D eigenvalue weighted by Crippen LogP contribution is -2.29. The van der Waals surface area contributed by atoms with Gasteiger partial charge in [0.2, 0.25) is 0 Å². The van der Waals surface area contributed by atoms with Crippen molar-refractivity contribution >= 4 is 34.0 Å². The number of nitrogens with two attached hydrogens (primary N) is 1. The van der Waals surface area contributed by atoms with E-state index in [2.05, 4.69) is 5.32 Å². The number of ether oxygens (including phenoxy) is 1. The first-order valence-corrected chi connectivity index (χ1v) is 9.97. The number of methoxy groups -OCH3 is 1. The molecule has 0 aliphatic rings. The first-order chi connectivity index (χ1) is 12.8. The summed E-state index contributed by atoms with van der Waals surface area (Å²) in [6.45, 7) is 2.67. The maximum Gasteiger partial charge on any atom is 0.264 e. The van der Waals surface area contributed by atoms with Gasteiger partial charge in [0.05, 0.1) is 17.7 Å². The van der Waals surface area contributed by atoms with E-state index >= 15 is 0 Å². The molecule has 0 unspecified atom stereocenters. The second kappa shape index (κ2) is 10.3. The minimum Gasteiger partial charge on any atom is -0.495 e. The summed E-state index contributed by atoms with van der Waals surface area (Å²) >= 11 is 0. The third-order valence-electron chi connectivity index (χ3n) is 4.20. The average molecular weight is 428 g/mol. The number of carbonyl (C=O) groups is 1. The van der Waals surface area contributed by atoms with E-state index in [0.717, 1.165) is 4.31 Å². The van der Waals surface area contributed by atoms with Crippen molar-refractivity contribution in [3.63, 3.8) is 0 Å². The van der Waals surface area contributed by atoms with Gasteiger partial charge in [-0.05, 0) is 49.7 Å². The summed E-state index contributed by atoms with van der Waals surface area (Å²) in [5.74, 6) is 0.119. The van der Waals surface area contributed by atoms with Gasteiger partial charge >= 0.3 is 0 Å². The Morgan fingerprint density at radius 3 is 2.54 bits per heavy atom. The molecule has 0 heterocycles. The van der Waals surface area contributed by atoms with Crippen molar-refractivity contribution < 1.29 is 17.9 Å². The third-order valence-corrected chi connectivity index (χ3v) is 5.97. The smallest absolute Gasteiger partial charge is 0.264 e. The van der Waals surface area contributed by atoms with Crippen LogP contribution in [-0.4, -0.2) is 41.6 Å². The first-order valence-electron chi connectivity index (χ1n) is 8.53. The zero-order valence-electron chi connectivity index (χ0n) is 16.1. The zero-order valence-corrected chi connectivity index (χ0v) is 17.8. The van der Waals surface area contributed by atoms with Crippen molar-refractivity contribution in [2.45, 2.75) is 18.2 Å².